The molecule has 194 valence electrons. The first-order chi connectivity index (χ1) is 18.9. The predicted molar refractivity (Wildman–Crippen MR) is 141 cm³/mol. The van der Waals surface area contributed by atoms with Crippen molar-refractivity contribution in [2.45, 2.75) is 0 Å². The van der Waals surface area contributed by atoms with Crippen LogP contribution < -0.4 is 10.1 Å². The van der Waals surface area contributed by atoms with Crippen molar-refractivity contribution in [3.8, 4) is 22.7 Å². The topological polar surface area (TPSA) is 143 Å². The van der Waals surface area contributed by atoms with Crippen molar-refractivity contribution in [3.63, 3.8) is 0 Å². The number of ketones is 1. The Balaban J connectivity index is 1.33. The average Bonchev–Trinajstić information content (AvgIpc) is 3.39. The number of Topliss-reactive ketones (excluding diaryl/α,β-unsaturated/α-hetero) is 1. The molecule has 0 atom stereocenters. The Kier molecular flexibility index (Phi) is 6.95. The lowest BCUT2D eigenvalue weighted by atomic mass is 10.1. The molecule has 0 fully saturated rings. The molecule has 1 aliphatic heterocycles. The van der Waals surface area contributed by atoms with Gasteiger partial charge in [-0.2, -0.15) is 5.10 Å². The minimum Gasteiger partial charge on any atom is -0.482 e. The molecule has 0 unspecified atom stereocenters. The molecular formula is C28H20N4O7. The number of fused-ring (bicyclic) bond motifs is 1. The van der Waals surface area contributed by atoms with E-state index in [0.29, 0.717) is 28.3 Å². The van der Waals surface area contributed by atoms with E-state index in [1.54, 1.807) is 29.1 Å². The highest BCUT2D eigenvalue weighted by Crippen LogP contribution is 2.29. The van der Waals surface area contributed by atoms with Gasteiger partial charge in [-0.3, -0.25) is 19.7 Å². The fourth-order valence-corrected chi connectivity index (χ4v) is 3.90. The number of anilines is 1. The molecule has 3 aromatic carbocycles. The van der Waals surface area contributed by atoms with E-state index in [9.17, 15) is 24.5 Å². The fourth-order valence-electron chi connectivity index (χ4n) is 3.90. The van der Waals surface area contributed by atoms with Gasteiger partial charge in [0.25, 0.3) is 11.6 Å². The smallest absolute Gasteiger partial charge is 0.331 e. The molecule has 4 aromatic rings. The normalized spacial score (nSPS) is 12.4. The molecule has 39 heavy (non-hydrogen) atoms. The van der Waals surface area contributed by atoms with Crippen molar-refractivity contribution in [1.29, 1.82) is 0 Å². The number of aromatic nitrogens is 2. The first kappa shape index (κ1) is 25.1. The van der Waals surface area contributed by atoms with Crippen LogP contribution >= 0.6 is 0 Å². The highest BCUT2D eigenvalue weighted by atomic mass is 16.6. The zero-order valence-electron chi connectivity index (χ0n) is 20.3. The average molecular weight is 524 g/mol. The first-order valence-corrected chi connectivity index (χ1v) is 11.7. The zero-order valence-corrected chi connectivity index (χ0v) is 20.3. The molecule has 5 rings (SSSR count). The third-order valence-electron chi connectivity index (χ3n) is 5.77. The van der Waals surface area contributed by atoms with Crippen LogP contribution in [0.4, 0.5) is 11.4 Å². The second kappa shape index (κ2) is 10.8. The number of carbonyl (C=O) groups is 3. The monoisotopic (exact) mass is 524 g/mol. The molecule has 0 bridgehead atoms. The standard InChI is InChI=1S/C28H20N4O7/c33-24(18-9-11-25-23(14-18)29-26(34)17-38-25)16-39-27(35)12-10-20-15-31(21-6-2-1-3-7-21)30-28(20)19-5-4-8-22(13-19)32(36)37/h1-15H,16-17H2,(H,29,34)/b12-10+. The van der Waals surface area contributed by atoms with Crippen molar-refractivity contribution < 1.29 is 28.8 Å². The van der Waals surface area contributed by atoms with Gasteiger partial charge < -0.3 is 14.8 Å². The van der Waals surface area contributed by atoms with Crippen LogP contribution in [0.15, 0.2) is 85.1 Å². The van der Waals surface area contributed by atoms with E-state index in [1.165, 1.54) is 30.3 Å². The van der Waals surface area contributed by atoms with Gasteiger partial charge in [0.05, 0.1) is 16.3 Å². The Bertz CT molecular complexity index is 1630. The Hall–Kier alpha value is -5.58. The molecule has 1 aliphatic rings. The number of esters is 1. The van der Waals surface area contributed by atoms with Gasteiger partial charge in [0.15, 0.2) is 19.0 Å². The maximum absolute atomic E-state index is 12.6. The number of nitro groups is 1. The largest absolute Gasteiger partial charge is 0.482 e. The summed E-state index contributed by atoms with van der Waals surface area (Å²) >= 11 is 0. The van der Waals surface area contributed by atoms with E-state index in [1.807, 2.05) is 30.3 Å². The van der Waals surface area contributed by atoms with Crippen LogP contribution in [0.25, 0.3) is 23.0 Å². The quantitative estimate of drug-likeness (QED) is 0.119. The molecular weight excluding hydrogens is 504 g/mol. The third-order valence-corrected chi connectivity index (χ3v) is 5.77. The van der Waals surface area contributed by atoms with Crippen molar-refractivity contribution in [2.24, 2.45) is 0 Å². The Morgan fingerprint density at radius 3 is 2.72 bits per heavy atom. The Morgan fingerprint density at radius 1 is 1.10 bits per heavy atom. The summed E-state index contributed by atoms with van der Waals surface area (Å²) in [5, 5.41) is 18.5. The number of benzene rings is 3. The predicted octanol–water partition coefficient (Wildman–Crippen LogP) is 4.22. The van der Waals surface area contributed by atoms with E-state index in [0.717, 1.165) is 11.8 Å². The molecule has 0 aliphatic carbocycles. The lowest BCUT2D eigenvalue weighted by molar-refractivity contribution is -0.384. The summed E-state index contributed by atoms with van der Waals surface area (Å²) < 4.78 is 12.0. The highest BCUT2D eigenvalue weighted by molar-refractivity contribution is 6.02. The third kappa shape index (κ3) is 5.72. The number of rotatable bonds is 8. The lowest BCUT2D eigenvalue weighted by Crippen LogP contribution is -2.25. The molecule has 1 N–H and O–H groups in total. The van der Waals surface area contributed by atoms with Crippen LogP contribution in [0.2, 0.25) is 0 Å². The van der Waals surface area contributed by atoms with Gasteiger partial charge in [-0.25, -0.2) is 9.48 Å². The summed E-state index contributed by atoms with van der Waals surface area (Å²) in [5.74, 6) is -1.12. The summed E-state index contributed by atoms with van der Waals surface area (Å²) in [4.78, 5) is 47.3. The van der Waals surface area contributed by atoms with E-state index in [4.69, 9.17) is 9.47 Å². The number of nitrogens with zero attached hydrogens (tertiary/aromatic N) is 3. The van der Waals surface area contributed by atoms with Crippen molar-refractivity contribution in [3.05, 3.63) is 106 Å². The van der Waals surface area contributed by atoms with Gasteiger partial charge >= 0.3 is 5.97 Å². The van der Waals surface area contributed by atoms with Gasteiger partial charge in [-0.05, 0) is 36.4 Å². The minimum atomic E-state index is -0.768. The second-order valence-corrected chi connectivity index (χ2v) is 8.43. The number of nitrogens with one attached hydrogen (secondary N) is 1. The van der Waals surface area contributed by atoms with Crippen LogP contribution in [-0.2, 0) is 14.3 Å². The van der Waals surface area contributed by atoms with E-state index >= 15 is 0 Å². The Morgan fingerprint density at radius 2 is 1.92 bits per heavy atom. The van der Waals surface area contributed by atoms with Crippen molar-refractivity contribution >= 4 is 35.1 Å². The summed E-state index contributed by atoms with van der Waals surface area (Å²) in [6.07, 6.45) is 4.31. The van der Waals surface area contributed by atoms with E-state index in [2.05, 4.69) is 10.4 Å². The van der Waals surface area contributed by atoms with Crippen LogP contribution in [0.1, 0.15) is 15.9 Å². The summed E-state index contributed by atoms with van der Waals surface area (Å²) in [6.45, 7) is -0.616. The van der Waals surface area contributed by atoms with Crippen LogP contribution in [-0.4, -0.2) is 45.6 Å². The molecule has 11 heteroatoms. The number of non-ortho nitro benzene ring substituents is 1. The molecule has 1 amide bonds. The van der Waals surface area contributed by atoms with Crippen LogP contribution in [0, 0.1) is 10.1 Å². The molecule has 0 spiro atoms. The second-order valence-electron chi connectivity index (χ2n) is 8.43. The zero-order chi connectivity index (χ0) is 27.4. The maximum atomic E-state index is 12.6. The van der Waals surface area contributed by atoms with Gasteiger partial charge in [0.2, 0.25) is 0 Å². The number of para-hydroxylation sites is 1. The number of nitro benzene ring substituents is 1. The summed E-state index contributed by atoms with van der Waals surface area (Å²) in [7, 11) is 0. The molecule has 0 saturated carbocycles. The molecule has 11 nitrogen and oxygen atoms in total. The van der Waals surface area contributed by atoms with Gasteiger partial charge in [-0.1, -0.05) is 30.3 Å². The molecule has 0 radical (unpaired) electrons. The number of hydrogen-bond acceptors (Lipinski definition) is 8. The summed E-state index contributed by atoms with van der Waals surface area (Å²) in [5.41, 5.74) is 2.69. The van der Waals surface area contributed by atoms with Crippen molar-refractivity contribution in [2.75, 3.05) is 18.5 Å². The maximum Gasteiger partial charge on any atom is 0.331 e. The number of carbonyl (C=O) groups excluding carboxylic acids is 3. The molecule has 2 heterocycles. The number of hydrogen-bond donors (Lipinski definition) is 1. The van der Waals surface area contributed by atoms with Gasteiger partial charge in [0, 0.05) is 41.1 Å². The fraction of sp³-hybridized carbons (Fsp3) is 0.0714. The minimum absolute atomic E-state index is 0.0945. The first-order valence-electron chi connectivity index (χ1n) is 11.7. The van der Waals surface area contributed by atoms with Gasteiger partial charge in [0.1, 0.15) is 11.4 Å². The lowest BCUT2D eigenvalue weighted by Gasteiger charge is -2.18. The van der Waals surface area contributed by atoms with Crippen LogP contribution in [0.5, 0.6) is 5.75 Å². The Labute approximate surface area is 221 Å². The highest BCUT2D eigenvalue weighted by Gasteiger charge is 2.19. The van der Waals surface area contributed by atoms with E-state index in [-0.39, 0.29) is 23.8 Å². The van der Waals surface area contributed by atoms with E-state index < -0.39 is 23.3 Å². The molecule has 1 aromatic heterocycles. The SMILES string of the molecule is O=C1COc2ccc(C(=O)COC(=O)/C=C/c3cn(-c4ccccc4)nc3-c3cccc([N+](=O)[O-])c3)cc2N1. The number of amides is 1. The van der Waals surface area contributed by atoms with Gasteiger partial charge in [-0.15, -0.1) is 0 Å². The van der Waals surface area contributed by atoms with Crippen molar-refractivity contribution in [1.82, 2.24) is 9.78 Å². The number of ether oxygens (including phenoxy) is 2. The summed E-state index contributed by atoms with van der Waals surface area (Å²) in [6, 6.07) is 19.8. The molecule has 0 saturated heterocycles. The van der Waals surface area contributed by atoms with Crippen LogP contribution in [0.3, 0.4) is 0 Å².